The normalized spacial score (nSPS) is 17.4. The molecule has 7 nitrogen and oxygen atoms in total. The lowest BCUT2D eigenvalue weighted by molar-refractivity contribution is -0.134. The molecule has 1 N–H and O–H groups in total. The zero-order valence-electron chi connectivity index (χ0n) is 14.8. The molecule has 0 radical (unpaired) electrons. The van der Waals surface area contributed by atoms with E-state index in [1.807, 2.05) is 18.2 Å². The highest BCUT2D eigenvalue weighted by Crippen LogP contribution is 2.09. The minimum Gasteiger partial charge on any atom is -0.384 e. The summed E-state index contributed by atoms with van der Waals surface area (Å²) in [6.07, 6.45) is 0. The molecule has 1 fully saturated rings. The van der Waals surface area contributed by atoms with Crippen molar-refractivity contribution in [2.24, 2.45) is 0 Å². The number of nitrogens with zero attached hydrogens (tertiary/aromatic N) is 2. The Balaban J connectivity index is 1.80. The van der Waals surface area contributed by atoms with Crippen LogP contribution in [-0.2, 0) is 26.1 Å². The molecule has 0 aromatic heterocycles. The molecule has 0 aliphatic carbocycles. The summed E-state index contributed by atoms with van der Waals surface area (Å²) in [4.78, 5) is 16.5. The Morgan fingerprint density at radius 3 is 2.44 bits per heavy atom. The SMILES string of the molecule is COCCS(=O)(=O)N[C@@H](C)C(=O)N1CCN(Cc2ccccc2)CC1. The van der Waals surface area contributed by atoms with Gasteiger partial charge in [0.1, 0.15) is 0 Å². The molecule has 0 unspecified atom stereocenters. The van der Waals surface area contributed by atoms with Crippen molar-refractivity contribution in [1.82, 2.24) is 14.5 Å². The fraction of sp³-hybridized carbons (Fsp3) is 0.588. The monoisotopic (exact) mass is 369 g/mol. The summed E-state index contributed by atoms with van der Waals surface area (Å²) in [6.45, 7) is 5.33. The van der Waals surface area contributed by atoms with E-state index < -0.39 is 16.1 Å². The number of methoxy groups -OCH3 is 1. The van der Waals surface area contributed by atoms with Gasteiger partial charge in [-0.2, -0.15) is 0 Å². The molecule has 0 bridgehead atoms. The molecule has 1 amide bonds. The molecule has 1 atom stereocenters. The Hall–Kier alpha value is -1.48. The van der Waals surface area contributed by atoms with Gasteiger partial charge in [-0.1, -0.05) is 30.3 Å². The Kier molecular flexibility index (Phi) is 7.37. The first kappa shape index (κ1) is 19.8. The van der Waals surface area contributed by atoms with Crippen LogP contribution in [0.2, 0.25) is 0 Å². The second-order valence-electron chi connectivity index (χ2n) is 6.24. The highest BCUT2D eigenvalue weighted by molar-refractivity contribution is 7.89. The topological polar surface area (TPSA) is 78.9 Å². The van der Waals surface area contributed by atoms with E-state index in [1.165, 1.54) is 12.7 Å². The van der Waals surface area contributed by atoms with Crippen molar-refractivity contribution in [3.63, 3.8) is 0 Å². The maximum absolute atomic E-state index is 12.5. The summed E-state index contributed by atoms with van der Waals surface area (Å²) in [5, 5.41) is 0. The fourth-order valence-corrected chi connectivity index (χ4v) is 3.96. The molecule has 2 rings (SSSR count). The van der Waals surface area contributed by atoms with Gasteiger partial charge in [0.25, 0.3) is 0 Å². The molecule has 1 aliphatic heterocycles. The third-order valence-electron chi connectivity index (χ3n) is 4.22. The number of hydrogen-bond donors (Lipinski definition) is 1. The summed E-state index contributed by atoms with van der Waals surface area (Å²) in [6, 6.07) is 9.46. The predicted molar refractivity (Wildman–Crippen MR) is 96.6 cm³/mol. The summed E-state index contributed by atoms with van der Waals surface area (Å²) in [7, 11) is -2.07. The van der Waals surface area contributed by atoms with Gasteiger partial charge < -0.3 is 9.64 Å². The zero-order valence-corrected chi connectivity index (χ0v) is 15.7. The zero-order chi connectivity index (χ0) is 18.3. The smallest absolute Gasteiger partial charge is 0.240 e. The van der Waals surface area contributed by atoms with Crippen LogP contribution in [-0.4, -0.2) is 75.8 Å². The van der Waals surface area contributed by atoms with Crippen molar-refractivity contribution >= 4 is 15.9 Å². The minimum absolute atomic E-state index is 0.106. The number of rotatable bonds is 8. The van der Waals surface area contributed by atoms with E-state index in [9.17, 15) is 13.2 Å². The summed E-state index contributed by atoms with van der Waals surface area (Å²) >= 11 is 0. The molecule has 25 heavy (non-hydrogen) atoms. The van der Waals surface area contributed by atoms with Crippen LogP contribution in [0, 0.1) is 0 Å². The van der Waals surface area contributed by atoms with Gasteiger partial charge in [0.05, 0.1) is 18.4 Å². The number of benzene rings is 1. The predicted octanol–water partition coefficient (Wildman–Crippen LogP) is 0.285. The van der Waals surface area contributed by atoms with Crippen LogP contribution in [0.25, 0.3) is 0 Å². The maximum Gasteiger partial charge on any atom is 0.240 e. The van der Waals surface area contributed by atoms with E-state index in [0.717, 1.165) is 19.6 Å². The van der Waals surface area contributed by atoms with Gasteiger partial charge in [-0.25, -0.2) is 13.1 Å². The standard InChI is InChI=1S/C17H27N3O4S/c1-15(18-25(22,23)13-12-24-2)17(21)20-10-8-19(9-11-20)14-16-6-4-3-5-7-16/h3-7,15,18H,8-14H2,1-2H3/t15-/m0/s1. The molecule has 1 aliphatic rings. The van der Waals surface area contributed by atoms with E-state index in [1.54, 1.807) is 11.8 Å². The fourth-order valence-electron chi connectivity index (χ4n) is 2.81. The van der Waals surface area contributed by atoms with Crippen LogP contribution < -0.4 is 4.72 Å². The first-order chi connectivity index (χ1) is 11.9. The second kappa shape index (κ2) is 9.28. The molecule has 0 spiro atoms. The lowest BCUT2D eigenvalue weighted by Crippen LogP contribution is -2.54. The largest absolute Gasteiger partial charge is 0.384 e. The van der Waals surface area contributed by atoms with Gasteiger partial charge in [-0.15, -0.1) is 0 Å². The number of amides is 1. The first-order valence-electron chi connectivity index (χ1n) is 8.45. The van der Waals surface area contributed by atoms with Crippen LogP contribution in [0.1, 0.15) is 12.5 Å². The van der Waals surface area contributed by atoms with Crippen molar-refractivity contribution in [2.45, 2.75) is 19.5 Å². The van der Waals surface area contributed by atoms with Gasteiger partial charge in [0, 0.05) is 39.8 Å². The third kappa shape index (κ3) is 6.39. The van der Waals surface area contributed by atoms with E-state index >= 15 is 0 Å². The van der Waals surface area contributed by atoms with Crippen molar-refractivity contribution < 1.29 is 17.9 Å². The van der Waals surface area contributed by atoms with Gasteiger partial charge in [0.15, 0.2) is 0 Å². The van der Waals surface area contributed by atoms with Crippen molar-refractivity contribution in [3.8, 4) is 0 Å². The van der Waals surface area contributed by atoms with Crippen LogP contribution in [0.4, 0.5) is 0 Å². The number of nitrogens with one attached hydrogen (secondary N) is 1. The van der Waals surface area contributed by atoms with E-state index in [4.69, 9.17) is 4.74 Å². The third-order valence-corrected chi connectivity index (χ3v) is 5.63. The molecule has 1 aromatic carbocycles. The van der Waals surface area contributed by atoms with Gasteiger partial charge in [-0.05, 0) is 12.5 Å². The van der Waals surface area contributed by atoms with Crippen molar-refractivity contribution in [3.05, 3.63) is 35.9 Å². The van der Waals surface area contributed by atoms with Crippen LogP contribution in [0.3, 0.4) is 0 Å². The minimum atomic E-state index is -3.51. The molecule has 1 aromatic rings. The number of ether oxygens (including phenoxy) is 1. The van der Waals surface area contributed by atoms with E-state index in [0.29, 0.717) is 13.1 Å². The number of carbonyl (C=O) groups is 1. The quantitative estimate of drug-likeness (QED) is 0.712. The maximum atomic E-state index is 12.5. The summed E-state index contributed by atoms with van der Waals surface area (Å²) < 4.78 is 30.9. The van der Waals surface area contributed by atoms with E-state index in [2.05, 4.69) is 21.8 Å². The van der Waals surface area contributed by atoms with E-state index in [-0.39, 0.29) is 18.3 Å². The number of sulfonamides is 1. The van der Waals surface area contributed by atoms with Crippen molar-refractivity contribution in [1.29, 1.82) is 0 Å². The van der Waals surface area contributed by atoms with Gasteiger partial charge in [-0.3, -0.25) is 9.69 Å². The Morgan fingerprint density at radius 1 is 1.20 bits per heavy atom. The summed E-state index contributed by atoms with van der Waals surface area (Å²) in [5.41, 5.74) is 1.25. The number of hydrogen-bond acceptors (Lipinski definition) is 5. The molecule has 140 valence electrons. The molecule has 1 saturated heterocycles. The Labute approximate surface area is 150 Å². The van der Waals surface area contributed by atoms with Gasteiger partial charge in [0.2, 0.25) is 15.9 Å². The average Bonchev–Trinajstić information content (AvgIpc) is 2.60. The average molecular weight is 369 g/mol. The highest BCUT2D eigenvalue weighted by Gasteiger charge is 2.27. The lowest BCUT2D eigenvalue weighted by Gasteiger charge is -2.36. The summed E-state index contributed by atoms with van der Waals surface area (Å²) in [5.74, 6) is -0.327. The number of piperazine rings is 1. The van der Waals surface area contributed by atoms with Crippen LogP contribution >= 0.6 is 0 Å². The Bertz CT molecular complexity index is 643. The molecule has 8 heteroatoms. The van der Waals surface area contributed by atoms with Crippen LogP contribution in [0.15, 0.2) is 30.3 Å². The van der Waals surface area contributed by atoms with Gasteiger partial charge >= 0.3 is 0 Å². The molecular formula is C17H27N3O4S. The molecular weight excluding hydrogens is 342 g/mol. The first-order valence-corrected chi connectivity index (χ1v) is 10.1. The van der Waals surface area contributed by atoms with Crippen LogP contribution in [0.5, 0.6) is 0 Å². The molecule has 1 heterocycles. The highest BCUT2D eigenvalue weighted by atomic mass is 32.2. The second-order valence-corrected chi connectivity index (χ2v) is 8.11. The molecule has 0 saturated carbocycles. The Morgan fingerprint density at radius 2 is 1.84 bits per heavy atom. The lowest BCUT2D eigenvalue weighted by atomic mass is 10.2. The van der Waals surface area contributed by atoms with Crippen molar-refractivity contribution in [2.75, 3.05) is 45.6 Å². The number of carbonyl (C=O) groups excluding carboxylic acids is 1.